The number of carbonyl (C=O) groups is 1. The molecule has 1 aromatic rings. The Bertz CT molecular complexity index is 297. The van der Waals surface area contributed by atoms with Gasteiger partial charge in [0, 0.05) is 25.1 Å². The van der Waals surface area contributed by atoms with Crippen molar-refractivity contribution in [2.24, 2.45) is 0 Å². The van der Waals surface area contributed by atoms with Gasteiger partial charge in [-0.1, -0.05) is 37.3 Å². The highest BCUT2D eigenvalue weighted by molar-refractivity contribution is 5.95. The van der Waals surface area contributed by atoms with Crippen LogP contribution in [0.2, 0.25) is 0 Å². The molecule has 0 saturated carbocycles. The predicted octanol–water partition coefficient (Wildman–Crippen LogP) is 1.23. The van der Waals surface area contributed by atoms with E-state index in [9.17, 15) is 4.79 Å². The number of carbonyl (C=O) groups excluding carboxylic acids is 1. The van der Waals surface area contributed by atoms with Crippen molar-refractivity contribution in [1.29, 1.82) is 0 Å². The van der Waals surface area contributed by atoms with E-state index in [2.05, 4.69) is 5.32 Å². The van der Waals surface area contributed by atoms with Crippen LogP contribution >= 0.6 is 0 Å². The van der Waals surface area contributed by atoms with Gasteiger partial charge in [0.25, 0.3) is 0 Å². The molecule has 102 valence electrons. The molecule has 0 unspecified atom stereocenters. The monoisotopic (exact) mass is 253 g/mol. The first-order chi connectivity index (χ1) is 8.76. The Morgan fingerprint density at radius 2 is 1.67 bits per heavy atom. The molecule has 0 atom stereocenters. The number of ketones is 1. The smallest absolute Gasteiger partial charge is 0.162 e. The maximum atomic E-state index is 11.2. The number of aliphatic hydroxyl groups is 2. The minimum Gasteiger partial charge on any atom is -0.395 e. The number of aliphatic hydroxyl groups excluding tert-OH is 2. The highest BCUT2D eigenvalue weighted by Crippen LogP contribution is 2.03. The van der Waals surface area contributed by atoms with E-state index in [0.29, 0.717) is 19.5 Å². The summed E-state index contributed by atoms with van der Waals surface area (Å²) < 4.78 is 0. The number of benzene rings is 1. The predicted molar refractivity (Wildman–Crippen MR) is 72.7 cm³/mol. The molecular formula is C14H23NO3. The topological polar surface area (TPSA) is 69.6 Å². The molecule has 0 bridgehead atoms. The van der Waals surface area contributed by atoms with E-state index in [0.717, 1.165) is 12.0 Å². The van der Waals surface area contributed by atoms with Gasteiger partial charge >= 0.3 is 0 Å². The Hall–Kier alpha value is -1.23. The normalized spacial score (nSPS) is 9.50. The molecule has 0 heterocycles. The second-order valence-electron chi connectivity index (χ2n) is 3.74. The number of Topliss-reactive ketones (excluding diaryl/α,β-unsaturated/α-hetero) is 1. The van der Waals surface area contributed by atoms with E-state index in [1.807, 2.05) is 37.3 Å². The Kier molecular flexibility index (Phi) is 11.4. The van der Waals surface area contributed by atoms with Crippen LogP contribution < -0.4 is 5.32 Å². The van der Waals surface area contributed by atoms with Gasteiger partial charge in [-0.2, -0.15) is 0 Å². The largest absolute Gasteiger partial charge is 0.395 e. The van der Waals surface area contributed by atoms with Crippen molar-refractivity contribution in [3.63, 3.8) is 0 Å². The van der Waals surface area contributed by atoms with Crippen molar-refractivity contribution < 1.29 is 15.0 Å². The van der Waals surface area contributed by atoms with Gasteiger partial charge < -0.3 is 15.5 Å². The van der Waals surface area contributed by atoms with Gasteiger partial charge in [0.15, 0.2) is 5.78 Å². The minimum absolute atomic E-state index is 0.139. The lowest BCUT2D eigenvalue weighted by atomic mass is 10.1. The fourth-order valence-electron chi connectivity index (χ4n) is 1.28. The summed E-state index contributed by atoms with van der Waals surface area (Å²) in [6, 6.07) is 9.42. The lowest BCUT2D eigenvalue weighted by Crippen LogP contribution is -2.21. The van der Waals surface area contributed by atoms with E-state index in [1.54, 1.807) is 0 Å². The van der Waals surface area contributed by atoms with E-state index >= 15 is 0 Å². The molecule has 0 aromatic heterocycles. The molecule has 0 fully saturated rings. The summed E-state index contributed by atoms with van der Waals surface area (Å²) in [4.78, 5) is 11.2. The van der Waals surface area contributed by atoms with E-state index < -0.39 is 0 Å². The highest BCUT2D eigenvalue weighted by Gasteiger charge is 2.01. The van der Waals surface area contributed by atoms with Gasteiger partial charge in [-0.15, -0.1) is 0 Å². The molecule has 0 aliphatic carbocycles. The number of nitrogens with one attached hydrogen (secondary N) is 1. The van der Waals surface area contributed by atoms with Crippen molar-refractivity contribution in [3.8, 4) is 0 Å². The number of hydrogen-bond acceptors (Lipinski definition) is 4. The van der Waals surface area contributed by atoms with Crippen LogP contribution in [0.3, 0.4) is 0 Å². The first-order valence-electron chi connectivity index (χ1n) is 6.27. The minimum atomic E-state index is 0.139. The molecule has 1 rings (SSSR count). The summed E-state index contributed by atoms with van der Waals surface area (Å²) in [5.41, 5.74) is 0.828. The van der Waals surface area contributed by atoms with Gasteiger partial charge in [-0.25, -0.2) is 0 Å². The van der Waals surface area contributed by atoms with Gasteiger partial charge in [-0.3, -0.25) is 4.79 Å². The quantitative estimate of drug-likeness (QED) is 0.505. The molecule has 0 spiro atoms. The molecule has 0 radical (unpaired) electrons. The van der Waals surface area contributed by atoms with Crippen LogP contribution in [0.15, 0.2) is 30.3 Å². The Labute approximate surface area is 109 Å². The molecule has 0 saturated heterocycles. The third-order valence-corrected chi connectivity index (χ3v) is 2.15. The van der Waals surface area contributed by atoms with Crippen LogP contribution in [0, 0.1) is 0 Å². The molecule has 4 nitrogen and oxygen atoms in total. The molecule has 0 amide bonds. The zero-order valence-electron chi connectivity index (χ0n) is 10.9. The van der Waals surface area contributed by atoms with Gasteiger partial charge in [0.05, 0.1) is 13.2 Å². The van der Waals surface area contributed by atoms with E-state index in [4.69, 9.17) is 10.2 Å². The van der Waals surface area contributed by atoms with Crippen LogP contribution in [0.5, 0.6) is 0 Å². The third kappa shape index (κ3) is 8.87. The zero-order valence-corrected chi connectivity index (χ0v) is 10.9. The van der Waals surface area contributed by atoms with Gasteiger partial charge in [0.2, 0.25) is 0 Å². The average Bonchev–Trinajstić information content (AvgIpc) is 2.41. The summed E-state index contributed by atoms with van der Waals surface area (Å²) in [7, 11) is 0. The molecule has 18 heavy (non-hydrogen) atoms. The summed E-state index contributed by atoms with van der Waals surface area (Å²) in [6.45, 7) is 3.43. The molecule has 0 aliphatic heterocycles. The maximum Gasteiger partial charge on any atom is 0.162 e. The summed E-state index contributed by atoms with van der Waals surface area (Å²) >= 11 is 0. The summed E-state index contributed by atoms with van der Waals surface area (Å²) in [6.07, 6.45) is 1.58. The van der Waals surface area contributed by atoms with Crippen LogP contribution in [0.4, 0.5) is 0 Å². The lowest BCUT2D eigenvalue weighted by molar-refractivity contribution is 0.0981. The first kappa shape index (κ1) is 16.8. The summed E-state index contributed by atoms with van der Waals surface area (Å²) in [5.74, 6) is 0.244. The van der Waals surface area contributed by atoms with Crippen LogP contribution in [-0.4, -0.2) is 42.3 Å². The first-order valence-corrected chi connectivity index (χ1v) is 6.27. The van der Waals surface area contributed by atoms with Crippen LogP contribution in [-0.2, 0) is 0 Å². The van der Waals surface area contributed by atoms with Crippen molar-refractivity contribution in [2.75, 3.05) is 26.3 Å². The van der Waals surface area contributed by atoms with Crippen LogP contribution in [0.25, 0.3) is 0 Å². The Balaban J connectivity index is 0.000000360. The standard InChI is InChI=1S/C10H12O.C4H11NO2/c1-2-6-10(11)9-7-4-3-5-8-9;6-3-1-5-2-4-7/h3-5,7-8H,2,6H2,1H3;5-7H,1-4H2. The zero-order chi connectivity index (χ0) is 13.6. The summed E-state index contributed by atoms with van der Waals surface area (Å²) in [5, 5.41) is 19.1. The number of rotatable bonds is 7. The van der Waals surface area contributed by atoms with Crippen molar-refractivity contribution >= 4 is 5.78 Å². The fraction of sp³-hybridized carbons (Fsp3) is 0.500. The Morgan fingerprint density at radius 3 is 2.11 bits per heavy atom. The average molecular weight is 253 g/mol. The van der Waals surface area contributed by atoms with E-state index in [-0.39, 0.29) is 19.0 Å². The third-order valence-electron chi connectivity index (χ3n) is 2.15. The molecule has 0 aliphatic rings. The second-order valence-corrected chi connectivity index (χ2v) is 3.74. The van der Waals surface area contributed by atoms with Crippen molar-refractivity contribution in [2.45, 2.75) is 19.8 Å². The lowest BCUT2D eigenvalue weighted by Gasteiger charge is -1.96. The van der Waals surface area contributed by atoms with E-state index in [1.165, 1.54) is 0 Å². The SMILES string of the molecule is CCCC(=O)c1ccccc1.OCCNCCO. The molecule has 3 N–H and O–H groups in total. The van der Waals surface area contributed by atoms with Gasteiger partial charge in [-0.05, 0) is 6.42 Å². The fourth-order valence-corrected chi connectivity index (χ4v) is 1.28. The molecule has 1 aromatic carbocycles. The molecule has 4 heteroatoms. The molecular weight excluding hydrogens is 230 g/mol. The van der Waals surface area contributed by atoms with Crippen LogP contribution in [0.1, 0.15) is 30.1 Å². The Morgan fingerprint density at radius 1 is 1.11 bits per heavy atom. The van der Waals surface area contributed by atoms with Crippen molar-refractivity contribution in [1.82, 2.24) is 5.32 Å². The maximum absolute atomic E-state index is 11.2. The highest BCUT2D eigenvalue weighted by atomic mass is 16.3. The second kappa shape index (κ2) is 12.2. The van der Waals surface area contributed by atoms with Gasteiger partial charge in [0.1, 0.15) is 0 Å². The van der Waals surface area contributed by atoms with Crippen molar-refractivity contribution in [3.05, 3.63) is 35.9 Å². The number of hydrogen-bond donors (Lipinski definition) is 3.